The SMILES string of the molecule is CC(C)CC(NC(=O)C1CCCN1C(=O)C(Cc1ccccc1)NC(=O)C(N)Cc1c[nH]c2ccccc12)C(=O)O. The number of rotatable bonds is 12. The first-order valence-corrected chi connectivity index (χ1v) is 14.1. The maximum atomic E-state index is 13.9. The second kappa shape index (κ2) is 13.5. The van der Waals surface area contributed by atoms with Gasteiger partial charge in [-0.3, -0.25) is 14.4 Å². The zero-order valence-corrected chi connectivity index (χ0v) is 23.5. The number of fused-ring (bicyclic) bond motifs is 1. The number of hydrogen-bond donors (Lipinski definition) is 5. The summed E-state index contributed by atoms with van der Waals surface area (Å²) in [4.78, 5) is 56.7. The molecule has 1 aromatic heterocycles. The molecule has 218 valence electrons. The lowest BCUT2D eigenvalue weighted by atomic mass is 10.0. The van der Waals surface area contributed by atoms with Crippen molar-refractivity contribution in [1.82, 2.24) is 20.5 Å². The Kier molecular flexibility index (Phi) is 9.78. The van der Waals surface area contributed by atoms with Crippen LogP contribution in [0.15, 0.2) is 60.8 Å². The minimum atomic E-state index is -1.11. The Labute approximate surface area is 239 Å². The summed E-state index contributed by atoms with van der Waals surface area (Å²) in [5, 5.41) is 16.0. The van der Waals surface area contributed by atoms with E-state index in [2.05, 4.69) is 15.6 Å². The first-order valence-electron chi connectivity index (χ1n) is 14.1. The second-order valence-corrected chi connectivity index (χ2v) is 11.1. The van der Waals surface area contributed by atoms with Crippen LogP contribution in [0.2, 0.25) is 0 Å². The van der Waals surface area contributed by atoms with Crippen molar-refractivity contribution in [1.29, 1.82) is 0 Å². The van der Waals surface area contributed by atoms with Gasteiger partial charge in [-0.1, -0.05) is 62.4 Å². The van der Waals surface area contributed by atoms with Crippen LogP contribution < -0.4 is 16.4 Å². The van der Waals surface area contributed by atoms with E-state index in [1.165, 1.54) is 4.90 Å². The van der Waals surface area contributed by atoms with Crippen LogP contribution in [0.4, 0.5) is 0 Å². The van der Waals surface area contributed by atoms with Crippen molar-refractivity contribution in [3.63, 3.8) is 0 Å². The summed E-state index contributed by atoms with van der Waals surface area (Å²) in [6.07, 6.45) is 3.63. The largest absolute Gasteiger partial charge is 0.480 e. The Balaban J connectivity index is 1.49. The summed E-state index contributed by atoms with van der Waals surface area (Å²) in [6, 6.07) is 13.4. The normalized spacial score (nSPS) is 17.3. The molecular weight excluding hydrogens is 522 g/mol. The van der Waals surface area contributed by atoms with Crippen molar-refractivity contribution in [3.8, 4) is 0 Å². The molecule has 0 spiro atoms. The molecule has 1 fully saturated rings. The molecule has 2 heterocycles. The molecule has 1 aliphatic rings. The van der Waals surface area contributed by atoms with Gasteiger partial charge in [0.25, 0.3) is 0 Å². The van der Waals surface area contributed by atoms with Crippen molar-refractivity contribution in [2.75, 3.05) is 6.54 Å². The number of nitrogens with zero attached hydrogens (tertiary/aromatic N) is 1. The molecule has 3 aromatic rings. The summed E-state index contributed by atoms with van der Waals surface area (Å²) in [5.74, 6) is -2.40. The van der Waals surface area contributed by atoms with Crippen LogP contribution in [0.5, 0.6) is 0 Å². The van der Waals surface area contributed by atoms with Crippen LogP contribution in [0.3, 0.4) is 0 Å². The molecule has 0 bridgehead atoms. The van der Waals surface area contributed by atoms with Crippen molar-refractivity contribution in [2.45, 2.75) is 70.1 Å². The third-order valence-electron chi connectivity index (χ3n) is 7.51. The monoisotopic (exact) mass is 561 g/mol. The molecular formula is C31H39N5O5. The number of para-hydroxylation sites is 1. The molecule has 3 amide bonds. The van der Waals surface area contributed by atoms with Crippen LogP contribution >= 0.6 is 0 Å². The summed E-state index contributed by atoms with van der Waals surface area (Å²) in [6.45, 7) is 4.10. The smallest absolute Gasteiger partial charge is 0.326 e. The van der Waals surface area contributed by atoms with Gasteiger partial charge in [0, 0.05) is 30.1 Å². The zero-order valence-electron chi connectivity index (χ0n) is 23.5. The van der Waals surface area contributed by atoms with Gasteiger partial charge in [-0.2, -0.15) is 0 Å². The minimum absolute atomic E-state index is 0.0663. The van der Waals surface area contributed by atoms with Crippen LogP contribution in [-0.4, -0.2) is 69.4 Å². The average molecular weight is 562 g/mol. The minimum Gasteiger partial charge on any atom is -0.480 e. The van der Waals surface area contributed by atoms with Gasteiger partial charge in [0.15, 0.2) is 0 Å². The number of carboxylic acids is 1. The van der Waals surface area contributed by atoms with E-state index in [4.69, 9.17) is 5.73 Å². The molecule has 0 radical (unpaired) electrons. The van der Waals surface area contributed by atoms with Crippen LogP contribution in [0.1, 0.15) is 44.2 Å². The van der Waals surface area contributed by atoms with Gasteiger partial charge in [-0.05, 0) is 48.8 Å². The predicted molar refractivity (Wildman–Crippen MR) is 156 cm³/mol. The highest BCUT2D eigenvalue weighted by Gasteiger charge is 2.39. The number of nitrogens with one attached hydrogen (secondary N) is 3. The second-order valence-electron chi connectivity index (χ2n) is 11.1. The molecule has 41 heavy (non-hydrogen) atoms. The molecule has 1 saturated heterocycles. The third kappa shape index (κ3) is 7.52. The Bertz CT molecular complexity index is 1370. The highest BCUT2D eigenvalue weighted by molar-refractivity contribution is 5.95. The van der Waals surface area contributed by atoms with Gasteiger partial charge >= 0.3 is 5.97 Å². The number of aliphatic carboxylic acids is 1. The first-order chi connectivity index (χ1) is 19.6. The van der Waals surface area contributed by atoms with Crippen LogP contribution in [0, 0.1) is 5.92 Å². The van der Waals surface area contributed by atoms with Gasteiger partial charge in [0.1, 0.15) is 18.1 Å². The Hall–Kier alpha value is -4.18. The summed E-state index contributed by atoms with van der Waals surface area (Å²) in [5.41, 5.74) is 9.02. The van der Waals surface area contributed by atoms with E-state index < -0.39 is 47.9 Å². The fourth-order valence-corrected chi connectivity index (χ4v) is 5.42. The first kappa shape index (κ1) is 29.8. The third-order valence-corrected chi connectivity index (χ3v) is 7.51. The van der Waals surface area contributed by atoms with Crippen molar-refractivity contribution in [2.24, 2.45) is 11.7 Å². The lowest BCUT2D eigenvalue weighted by molar-refractivity contribution is -0.145. The van der Waals surface area contributed by atoms with Crippen molar-refractivity contribution < 1.29 is 24.3 Å². The maximum absolute atomic E-state index is 13.9. The maximum Gasteiger partial charge on any atom is 0.326 e. The molecule has 1 aliphatic heterocycles. The summed E-state index contributed by atoms with van der Waals surface area (Å²) >= 11 is 0. The van der Waals surface area contributed by atoms with Gasteiger partial charge in [0.05, 0.1) is 6.04 Å². The molecule has 0 aliphatic carbocycles. The highest BCUT2D eigenvalue weighted by Crippen LogP contribution is 2.22. The number of likely N-dealkylation sites (tertiary alicyclic amines) is 1. The number of aromatic nitrogens is 1. The number of aromatic amines is 1. The van der Waals surface area contributed by atoms with E-state index in [1.807, 2.05) is 74.6 Å². The summed E-state index contributed by atoms with van der Waals surface area (Å²) in [7, 11) is 0. The number of carboxylic acid groups (broad SMARTS) is 1. The molecule has 2 aromatic carbocycles. The van der Waals surface area contributed by atoms with E-state index in [9.17, 15) is 24.3 Å². The van der Waals surface area contributed by atoms with Gasteiger partial charge in [-0.15, -0.1) is 0 Å². The van der Waals surface area contributed by atoms with E-state index in [0.29, 0.717) is 19.4 Å². The summed E-state index contributed by atoms with van der Waals surface area (Å²) < 4.78 is 0. The lowest BCUT2D eigenvalue weighted by Gasteiger charge is -2.30. The molecule has 4 rings (SSSR count). The molecule has 6 N–H and O–H groups in total. The molecule has 10 nitrogen and oxygen atoms in total. The standard InChI is InChI=1S/C31H39N5O5/c1-19(2)15-26(31(40)41)35-29(38)27-13-8-14-36(27)30(39)25(16-20-9-4-3-5-10-20)34-28(37)23(32)17-21-18-33-24-12-7-6-11-22(21)24/h3-7,9-12,18-19,23,25-27,33H,8,13-17,32H2,1-2H3,(H,34,37)(H,35,38)(H,40,41). The van der Waals surface area contributed by atoms with Gasteiger partial charge < -0.3 is 31.4 Å². The number of carbonyl (C=O) groups is 4. The number of amides is 3. The average Bonchev–Trinajstić information content (AvgIpc) is 3.60. The fraction of sp³-hybridized carbons (Fsp3) is 0.419. The predicted octanol–water partition coefficient (Wildman–Crippen LogP) is 2.37. The molecule has 10 heteroatoms. The molecule has 4 unspecified atom stereocenters. The van der Waals surface area contributed by atoms with Crippen molar-refractivity contribution in [3.05, 3.63) is 71.9 Å². The molecule has 4 atom stereocenters. The van der Waals surface area contributed by atoms with Gasteiger partial charge in [0.2, 0.25) is 17.7 Å². The number of H-pyrrole nitrogens is 1. The van der Waals surface area contributed by atoms with Crippen LogP contribution in [0.25, 0.3) is 10.9 Å². The Morgan fingerprint density at radius 3 is 2.41 bits per heavy atom. The highest BCUT2D eigenvalue weighted by atomic mass is 16.4. The fourth-order valence-electron chi connectivity index (χ4n) is 5.42. The van der Waals surface area contributed by atoms with Gasteiger partial charge in [-0.25, -0.2) is 4.79 Å². The van der Waals surface area contributed by atoms with E-state index in [-0.39, 0.29) is 25.2 Å². The molecule has 0 saturated carbocycles. The Morgan fingerprint density at radius 2 is 1.71 bits per heavy atom. The van der Waals surface area contributed by atoms with Crippen LogP contribution in [-0.2, 0) is 32.0 Å². The van der Waals surface area contributed by atoms with E-state index >= 15 is 0 Å². The zero-order chi connectivity index (χ0) is 29.5. The lowest BCUT2D eigenvalue weighted by Crippen LogP contribution is -2.57. The van der Waals surface area contributed by atoms with E-state index in [1.54, 1.807) is 0 Å². The topological polar surface area (TPSA) is 158 Å². The number of nitrogens with two attached hydrogens (primary N) is 1. The quantitative estimate of drug-likeness (QED) is 0.228. The Morgan fingerprint density at radius 1 is 1.00 bits per heavy atom. The van der Waals surface area contributed by atoms with E-state index in [0.717, 1.165) is 22.0 Å². The number of benzene rings is 2. The van der Waals surface area contributed by atoms with Crippen molar-refractivity contribution >= 4 is 34.6 Å². The number of hydrogen-bond acceptors (Lipinski definition) is 5. The number of carbonyl (C=O) groups excluding carboxylic acids is 3.